The van der Waals surface area contributed by atoms with Gasteiger partial charge in [0.25, 0.3) is 0 Å². The molecule has 3 heterocycles. The minimum Gasteiger partial charge on any atom is -0.369 e. The quantitative estimate of drug-likeness (QED) is 0.894. The number of nitrogens with zero attached hydrogens (tertiary/aromatic N) is 5. The van der Waals surface area contributed by atoms with Crippen molar-refractivity contribution in [3.63, 3.8) is 0 Å². The Balaban J connectivity index is 1.72. The predicted octanol–water partition coefficient (Wildman–Crippen LogP) is 1.48. The van der Waals surface area contributed by atoms with Crippen molar-refractivity contribution in [2.45, 2.75) is 26.0 Å². The van der Waals surface area contributed by atoms with Crippen molar-refractivity contribution in [2.24, 2.45) is 5.92 Å². The van der Waals surface area contributed by atoms with E-state index in [-0.39, 0.29) is 17.9 Å². The zero-order chi connectivity index (χ0) is 17.1. The largest absolute Gasteiger partial charge is 0.369 e. The molecule has 2 aromatic heterocycles. The first-order valence-corrected chi connectivity index (χ1v) is 8.03. The number of aryl methyl sites for hydroxylation is 1. The monoisotopic (exact) mass is 330 g/mol. The van der Waals surface area contributed by atoms with Crippen LogP contribution in [-0.2, 0) is 16.1 Å². The second-order valence-corrected chi connectivity index (χ2v) is 5.91. The summed E-state index contributed by atoms with van der Waals surface area (Å²) in [6.45, 7) is 3.39. The van der Waals surface area contributed by atoms with Crippen LogP contribution in [0.2, 0.25) is 0 Å². The number of hydrogen-bond acceptors (Lipinski definition) is 6. The van der Waals surface area contributed by atoms with Gasteiger partial charge in [-0.25, -0.2) is 15.0 Å². The van der Waals surface area contributed by atoms with E-state index in [1.54, 1.807) is 23.5 Å². The number of nitrogens with one attached hydrogen (secondary N) is 1. The number of imidazole rings is 1. The molecule has 8 heteroatoms. The lowest BCUT2D eigenvalue weighted by molar-refractivity contribution is -0.121. The van der Waals surface area contributed by atoms with Crippen LogP contribution in [0.4, 0.5) is 11.6 Å². The molecule has 1 fully saturated rings. The molecule has 2 aromatic rings. The Morgan fingerprint density at radius 1 is 1.38 bits per heavy atom. The highest BCUT2D eigenvalue weighted by molar-refractivity contribution is 5.92. The number of aromatic nitrogens is 4. The van der Waals surface area contributed by atoms with Crippen LogP contribution in [0.5, 0.6) is 0 Å². The lowest BCUT2D eigenvalue weighted by Gasteiger charge is -2.18. The summed E-state index contributed by atoms with van der Waals surface area (Å²) >= 11 is 0. The van der Waals surface area contributed by atoms with E-state index in [2.05, 4.69) is 20.3 Å². The Morgan fingerprint density at radius 3 is 2.79 bits per heavy atom. The molecule has 2 atom stereocenters. The number of carbonyl (C=O) groups excluding carboxylic acids is 1. The highest BCUT2D eigenvalue weighted by Gasteiger charge is 2.37. The molecule has 1 aliphatic rings. The van der Waals surface area contributed by atoms with E-state index in [0.717, 1.165) is 12.4 Å². The Bertz CT molecular complexity index is 697. The first kappa shape index (κ1) is 16.4. The van der Waals surface area contributed by atoms with Crippen LogP contribution >= 0.6 is 0 Å². The Morgan fingerprint density at radius 2 is 2.12 bits per heavy atom. The fourth-order valence-electron chi connectivity index (χ4n) is 2.81. The third kappa shape index (κ3) is 3.23. The number of hydrogen-bond donors (Lipinski definition) is 1. The zero-order valence-corrected chi connectivity index (χ0v) is 14.1. The SMILES string of the molecule is CCn1ccnc1[C@@H]1OCC[C@H]1C(=O)Nc1cnc(N(C)C)nc1. The Labute approximate surface area is 140 Å². The average Bonchev–Trinajstić information content (AvgIpc) is 3.23. The molecule has 0 spiro atoms. The smallest absolute Gasteiger partial charge is 0.230 e. The van der Waals surface area contributed by atoms with Crippen molar-refractivity contribution < 1.29 is 9.53 Å². The van der Waals surface area contributed by atoms with Crippen LogP contribution in [0.3, 0.4) is 0 Å². The van der Waals surface area contributed by atoms with Gasteiger partial charge in [-0.1, -0.05) is 0 Å². The molecule has 24 heavy (non-hydrogen) atoms. The number of anilines is 2. The summed E-state index contributed by atoms with van der Waals surface area (Å²) in [6, 6.07) is 0. The van der Waals surface area contributed by atoms with E-state index in [0.29, 0.717) is 24.7 Å². The minimum absolute atomic E-state index is 0.0932. The van der Waals surface area contributed by atoms with Gasteiger partial charge in [-0.15, -0.1) is 0 Å². The van der Waals surface area contributed by atoms with Crippen LogP contribution in [0.25, 0.3) is 0 Å². The number of carbonyl (C=O) groups is 1. The molecule has 1 saturated heterocycles. The van der Waals surface area contributed by atoms with Crippen molar-refractivity contribution in [1.29, 1.82) is 0 Å². The molecule has 3 rings (SSSR count). The molecule has 1 aliphatic heterocycles. The van der Waals surface area contributed by atoms with Crippen molar-refractivity contribution in [1.82, 2.24) is 19.5 Å². The normalized spacial score (nSPS) is 20.1. The third-order valence-corrected chi connectivity index (χ3v) is 4.08. The molecule has 8 nitrogen and oxygen atoms in total. The maximum Gasteiger partial charge on any atom is 0.230 e. The zero-order valence-electron chi connectivity index (χ0n) is 14.1. The molecular formula is C16H22N6O2. The van der Waals surface area contributed by atoms with Gasteiger partial charge in [-0.2, -0.15) is 0 Å². The van der Waals surface area contributed by atoms with Gasteiger partial charge in [-0.3, -0.25) is 4.79 Å². The standard InChI is InChI=1S/C16H22N6O2/c1-4-22-7-6-17-14(22)13-12(5-8-24-13)15(23)20-11-9-18-16(19-10-11)21(2)3/h6-7,9-10,12-13H,4-5,8H2,1-3H3,(H,20,23)/t12-,13-/m1/s1. The van der Waals surface area contributed by atoms with Gasteiger partial charge >= 0.3 is 0 Å². The van der Waals surface area contributed by atoms with E-state index in [9.17, 15) is 4.79 Å². The van der Waals surface area contributed by atoms with E-state index in [1.807, 2.05) is 31.8 Å². The van der Waals surface area contributed by atoms with Gasteiger partial charge in [-0.05, 0) is 13.3 Å². The summed E-state index contributed by atoms with van der Waals surface area (Å²) in [6.07, 6.45) is 7.21. The second kappa shape index (κ2) is 6.96. The van der Waals surface area contributed by atoms with Crippen LogP contribution in [0, 0.1) is 5.92 Å². The summed E-state index contributed by atoms with van der Waals surface area (Å²) in [4.78, 5) is 27.2. The second-order valence-electron chi connectivity index (χ2n) is 5.91. The van der Waals surface area contributed by atoms with Gasteiger partial charge in [0.2, 0.25) is 11.9 Å². The van der Waals surface area contributed by atoms with Crippen LogP contribution < -0.4 is 10.2 Å². The molecule has 0 aliphatic carbocycles. The molecular weight excluding hydrogens is 308 g/mol. The van der Waals surface area contributed by atoms with Gasteiger partial charge < -0.3 is 19.5 Å². The van der Waals surface area contributed by atoms with Crippen LogP contribution in [0.15, 0.2) is 24.8 Å². The first-order valence-electron chi connectivity index (χ1n) is 8.03. The van der Waals surface area contributed by atoms with Crippen molar-refractivity contribution in [2.75, 3.05) is 30.9 Å². The Hall–Kier alpha value is -2.48. The summed E-state index contributed by atoms with van der Waals surface area (Å²) in [5.41, 5.74) is 0.579. The summed E-state index contributed by atoms with van der Waals surface area (Å²) in [5.74, 6) is 1.03. The van der Waals surface area contributed by atoms with E-state index in [4.69, 9.17) is 4.74 Å². The highest BCUT2D eigenvalue weighted by atomic mass is 16.5. The maximum atomic E-state index is 12.6. The van der Waals surface area contributed by atoms with Crippen LogP contribution in [0.1, 0.15) is 25.3 Å². The minimum atomic E-state index is -0.318. The van der Waals surface area contributed by atoms with Crippen molar-refractivity contribution >= 4 is 17.5 Å². The number of rotatable bonds is 5. The lowest BCUT2D eigenvalue weighted by atomic mass is 9.99. The fourth-order valence-corrected chi connectivity index (χ4v) is 2.81. The first-order chi connectivity index (χ1) is 11.6. The highest BCUT2D eigenvalue weighted by Crippen LogP contribution is 2.34. The number of ether oxygens (including phenoxy) is 1. The van der Waals surface area contributed by atoms with E-state index in [1.165, 1.54) is 0 Å². The molecule has 1 N–H and O–H groups in total. The summed E-state index contributed by atoms with van der Waals surface area (Å²) in [5, 5.41) is 2.88. The number of amides is 1. The van der Waals surface area contributed by atoms with Gasteiger partial charge in [0.05, 0.1) is 24.0 Å². The Kier molecular flexibility index (Phi) is 4.75. The molecule has 0 aromatic carbocycles. The summed E-state index contributed by atoms with van der Waals surface area (Å²) in [7, 11) is 3.73. The van der Waals surface area contributed by atoms with Gasteiger partial charge in [0, 0.05) is 39.6 Å². The van der Waals surface area contributed by atoms with Crippen molar-refractivity contribution in [3.05, 3.63) is 30.6 Å². The molecule has 0 bridgehead atoms. The topological polar surface area (TPSA) is 85.2 Å². The molecule has 128 valence electrons. The maximum absolute atomic E-state index is 12.6. The van der Waals surface area contributed by atoms with Gasteiger partial charge in [0.1, 0.15) is 11.9 Å². The summed E-state index contributed by atoms with van der Waals surface area (Å²) < 4.78 is 7.78. The third-order valence-electron chi connectivity index (χ3n) is 4.08. The molecule has 1 amide bonds. The lowest BCUT2D eigenvalue weighted by Crippen LogP contribution is -2.27. The molecule has 0 saturated carbocycles. The fraction of sp³-hybridized carbons (Fsp3) is 0.500. The van der Waals surface area contributed by atoms with E-state index < -0.39 is 0 Å². The van der Waals surface area contributed by atoms with Crippen LogP contribution in [-0.4, -0.2) is 46.1 Å². The van der Waals surface area contributed by atoms with E-state index >= 15 is 0 Å². The predicted molar refractivity (Wildman–Crippen MR) is 89.7 cm³/mol. The average molecular weight is 330 g/mol. The van der Waals surface area contributed by atoms with Gasteiger partial charge in [0.15, 0.2) is 0 Å². The molecule has 0 unspecified atom stereocenters. The van der Waals surface area contributed by atoms with Crippen molar-refractivity contribution in [3.8, 4) is 0 Å². The molecule has 0 radical (unpaired) electrons.